The van der Waals surface area contributed by atoms with Gasteiger partial charge in [-0.25, -0.2) is 8.42 Å². The second-order valence-corrected chi connectivity index (χ2v) is 9.02. The molecule has 0 radical (unpaired) electrons. The van der Waals surface area contributed by atoms with Gasteiger partial charge in [-0.2, -0.15) is 0 Å². The lowest BCUT2D eigenvalue weighted by atomic mass is 10.2. The zero-order valence-corrected chi connectivity index (χ0v) is 17.2. The van der Waals surface area contributed by atoms with Crippen molar-refractivity contribution in [1.82, 2.24) is 4.98 Å². The first kappa shape index (κ1) is 19.1. The van der Waals surface area contributed by atoms with E-state index in [1.54, 1.807) is 48.4 Å². The van der Waals surface area contributed by atoms with Gasteiger partial charge >= 0.3 is 0 Å². The monoisotopic (exact) mass is 437 g/mol. The molecular formula is C19H17Cl2N3O3S. The van der Waals surface area contributed by atoms with E-state index >= 15 is 0 Å². The summed E-state index contributed by atoms with van der Waals surface area (Å²) in [5, 5.41) is 1.39. The highest BCUT2D eigenvalue weighted by atomic mass is 35.5. The molecule has 0 bridgehead atoms. The summed E-state index contributed by atoms with van der Waals surface area (Å²) in [4.78, 5) is 16.8. The highest BCUT2D eigenvalue weighted by Crippen LogP contribution is 2.36. The highest BCUT2D eigenvalue weighted by molar-refractivity contribution is 7.92. The summed E-state index contributed by atoms with van der Waals surface area (Å²) in [6.07, 6.45) is 2.64. The van der Waals surface area contributed by atoms with Crippen molar-refractivity contribution in [1.29, 1.82) is 0 Å². The number of nitrogens with one attached hydrogen (secondary N) is 2. The summed E-state index contributed by atoms with van der Waals surface area (Å²) in [6.45, 7) is 2.35. The number of hydrogen-bond donors (Lipinski definition) is 2. The molecule has 0 aliphatic carbocycles. The maximum Gasteiger partial charge on any atom is 0.262 e. The second-order valence-electron chi connectivity index (χ2n) is 6.53. The Bertz CT molecular complexity index is 1200. The van der Waals surface area contributed by atoms with E-state index in [-0.39, 0.29) is 10.8 Å². The number of H-pyrrole nitrogens is 1. The van der Waals surface area contributed by atoms with Gasteiger partial charge in [0.2, 0.25) is 5.91 Å². The van der Waals surface area contributed by atoms with Crippen LogP contribution in [-0.2, 0) is 21.2 Å². The highest BCUT2D eigenvalue weighted by Gasteiger charge is 2.26. The average Bonchev–Trinajstić information content (AvgIpc) is 3.27. The molecule has 4 rings (SSSR count). The maximum atomic E-state index is 13.0. The number of anilines is 2. The van der Waals surface area contributed by atoms with Gasteiger partial charge in [-0.05, 0) is 36.2 Å². The van der Waals surface area contributed by atoms with Gasteiger partial charge < -0.3 is 9.88 Å². The molecule has 2 aromatic carbocycles. The summed E-state index contributed by atoms with van der Waals surface area (Å²) >= 11 is 12.3. The number of sulfonamides is 1. The fourth-order valence-electron chi connectivity index (χ4n) is 3.43. The van der Waals surface area contributed by atoms with Crippen LogP contribution in [0.25, 0.3) is 10.9 Å². The molecule has 1 aliphatic rings. The molecule has 3 aromatic rings. The van der Waals surface area contributed by atoms with Crippen molar-refractivity contribution < 1.29 is 13.2 Å². The van der Waals surface area contributed by atoms with Crippen molar-refractivity contribution in [3.05, 3.63) is 52.1 Å². The third-order valence-corrected chi connectivity index (χ3v) is 6.82. The number of nitrogens with zero attached hydrogens (tertiary/aromatic N) is 1. The zero-order chi connectivity index (χ0) is 20.1. The minimum Gasteiger partial charge on any atom is -0.358 e. The lowest BCUT2D eigenvalue weighted by molar-refractivity contribution is -0.118. The fourth-order valence-corrected chi connectivity index (χ4v) is 5.08. The van der Waals surface area contributed by atoms with E-state index in [1.807, 2.05) is 0 Å². The Morgan fingerprint density at radius 2 is 2.00 bits per heavy atom. The van der Waals surface area contributed by atoms with Gasteiger partial charge in [0.15, 0.2) is 0 Å². The van der Waals surface area contributed by atoms with Crippen LogP contribution in [0, 0.1) is 0 Å². The number of aromatic amines is 1. The molecule has 6 nitrogen and oxygen atoms in total. The second kappa shape index (κ2) is 6.99. The quantitative estimate of drug-likeness (QED) is 0.626. The number of benzene rings is 2. The topological polar surface area (TPSA) is 82.3 Å². The van der Waals surface area contributed by atoms with Crippen LogP contribution >= 0.6 is 23.2 Å². The van der Waals surface area contributed by atoms with E-state index < -0.39 is 10.0 Å². The van der Waals surface area contributed by atoms with E-state index in [9.17, 15) is 13.2 Å². The van der Waals surface area contributed by atoms with Crippen LogP contribution in [0.15, 0.2) is 41.4 Å². The molecule has 0 fully saturated rings. The maximum absolute atomic E-state index is 13.0. The first-order chi connectivity index (χ1) is 13.3. The summed E-state index contributed by atoms with van der Waals surface area (Å²) in [6, 6.07) is 8.03. The van der Waals surface area contributed by atoms with Gasteiger partial charge in [-0.1, -0.05) is 36.2 Å². The van der Waals surface area contributed by atoms with Gasteiger partial charge in [0.05, 0.1) is 26.1 Å². The third kappa shape index (κ3) is 3.13. The first-order valence-electron chi connectivity index (χ1n) is 8.73. The smallest absolute Gasteiger partial charge is 0.262 e. The molecule has 1 aliphatic heterocycles. The van der Waals surface area contributed by atoms with Crippen LogP contribution in [0.4, 0.5) is 11.4 Å². The fraction of sp³-hybridized carbons (Fsp3) is 0.211. The lowest BCUT2D eigenvalue weighted by Gasteiger charge is -2.17. The van der Waals surface area contributed by atoms with Crippen molar-refractivity contribution in [3.8, 4) is 0 Å². The molecule has 1 amide bonds. The van der Waals surface area contributed by atoms with E-state index in [1.165, 1.54) is 0 Å². The molecule has 28 heavy (non-hydrogen) atoms. The van der Waals surface area contributed by atoms with Gasteiger partial charge in [0.1, 0.15) is 0 Å². The van der Waals surface area contributed by atoms with Gasteiger partial charge in [-0.15, -0.1) is 0 Å². The Balaban J connectivity index is 1.73. The number of fused-ring (bicyclic) bond motifs is 2. The molecular weight excluding hydrogens is 421 g/mol. The van der Waals surface area contributed by atoms with Crippen LogP contribution in [0.1, 0.15) is 18.9 Å². The Hall–Kier alpha value is -2.22. The number of carbonyl (C=O) groups excluding carboxylic acids is 1. The predicted molar refractivity (Wildman–Crippen MR) is 112 cm³/mol. The zero-order valence-electron chi connectivity index (χ0n) is 14.9. The summed E-state index contributed by atoms with van der Waals surface area (Å²) in [5.74, 6) is -0.0262. The molecule has 146 valence electrons. The SMILES string of the molecule is CCC(=O)N1CCc2ccc(S(=O)(=O)Nc3ccc(Cl)c4c(Cl)c[nH]c34)cc21. The Morgan fingerprint density at radius 3 is 2.75 bits per heavy atom. The number of halogens is 2. The standard InChI is InChI=1S/C19H17Cl2N3O3S/c1-2-17(25)24-8-7-11-3-4-12(9-16(11)24)28(26,27)23-15-6-5-13(20)18-14(21)10-22-19(15)18/h3-6,9-10,22-23H,2,7-8H2,1H3. The Morgan fingerprint density at radius 1 is 1.21 bits per heavy atom. The molecule has 9 heteroatoms. The number of rotatable bonds is 4. The molecule has 0 saturated heterocycles. The van der Waals surface area contributed by atoms with Crippen LogP contribution in [0.2, 0.25) is 10.0 Å². The van der Waals surface area contributed by atoms with E-state index in [0.29, 0.717) is 51.7 Å². The van der Waals surface area contributed by atoms with E-state index in [2.05, 4.69) is 9.71 Å². The van der Waals surface area contributed by atoms with Crippen molar-refractivity contribution in [3.63, 3.8) is 0 Å². The van der Waals surface area contributed by atoms with Crippen molar-refractivity contribution in [2.75, 3.05) is 16.2 Å². The largest absolute Gasteiger partial charge is 0.358 e. The Labute approximate surface area is 172 Å². The normalized spacial score (nSPS) is 13.8. The molecule has 0 unspecified atom stereocenters. The summed E-state index contributed by atoms with van der Waals surface area (Å²) < 4.78 is 28.6. The molecule has 0 atom stereocenters. The van der Waals surface area contributed by atoms with E-state index in [4.69, 9.17) is 23.2 Å². The minimum absolute atomic E-state index is 0.0262. The number of amides is 1. The van der Waals surface area contributed by atoms with Crippen molar-refractivity contribution in [2.45, 2.75) is 24.7 Å². The van der Waals surface area contributed by atoms with Crippen LogP contribution < -0.4 is 9.62 Å². The third-order valence-electron chi connectivity index (χ3n) is 4.85. The number of carbonyl (C=O) groups is 1. The van der Waals surface area contributed by atoms with Gasteiger partial charge in [0.25, 0.3) is 10.0 Å². The van der Waals surface area contributed by atoms with Crippen LogP contribution in [0.3, 0.4) is 0 Å². The summed E-state index contributed by atoms with van der Waals surface area (Å²) in [7, 11) is -3.88. The lowest BCUT2D eigenvalue weighted by Crippen LogP contribution is -2.28. The van der Waals surface area contributed by atoms with E-state index in [0.717, 1.165) is 5.56 Å². The molecule has 2 heterocycles. The minimum atomic E-state index is -3.88. The molecule has 0 spiro atoms. The predicted octanol–water partition coefficient (Wildman–Crippen LogP) is 4.57. The number of hydrogen-bond acceptors (Lipinski definition) is 3. The molecule has 2 N–H and O–H groups in total. The van der Waals surface area contributed by atoms with Crippen LogP contribution in [0.5, 0.6) is 0 Å². The van der Waals surface area contributed by atoms with Gasteiger partial charge in [-0.3, -0.25) is 9.52 Å². The number of aromatic nitrogens is 1. The summed E-state index contributed by atoms with van der Waals surface area (Å²) in [5.41, 5.74) is 2.46. The van der Waals surface area contributed by atoms with Gasteiger partial charge in [0, 0.05) is 30.2 Å². The van der Waals surface area contributed by atoms with Crippen LogP contribution in [-0.4, -0.2) is 25.9 Å². The average molecular weight is 438 g/mol. The van der Waals surface area contributed by atoms with Crippen molar-refractivity contribution in [2.24, 2.45) is 0 Å². The first-order valence-corrected chi connectivity index (χ1v) is 11.0. The van der Waals surface area contributed by atoms with Crippen molar-refractivity contribution >= 4 is 61.4 Å². The molecule has 1 aromatic heterocycles. The Kier molecular flexibility index (Phi) is 4.77. The molecule has 0 saturated carbocycles.